The van der Waals surface area contributed by atoms with Crippen LogP contribution in [0.1, 0.15) is 17.3 Å². The van der Waals surface area contributed by atoms with Crippen molar-refractivity contribution in [1.82, 2.24) is 0 Å². The predicted molar refractivity (Wildman–Crippen MR) is 79.1 cm³/mol. The van der Waals surface area contributed by atoms with Crippen molar-refractivity contribution >= 4 is 29.3 Å². The molecular weight excluding hydrogens is 262 g/mol. The molecule has 104 valence electrons. The van der Waals surface area contributed by atoms with Crippen molar-refractivity contribution in [3.8, 4) is 0 Å². The van der Waals surface area contributed by atoms with Crippen LogP contribution in [0.2, 0.25) is 0 Å². The molecule has 1 unspecified atom stereocenters. The van der Waals surface area contributed by atoms with Crippen LogP contribution in [0.25, 0.3) is 0 Å². The topological polar surface area (TPSA) is 98.2 Å². The number of hydrogen-bond donors (Lipinski definition) is 3. The van der Waals surface area contributed by atoms with Crippen LogP contribution >= 0.6 is 11.8 Å². The minimum atomic E-state index is -0.482. The van der Waals surface area contributed by atoms with Crippen molar-refractivity contribution in [2.24, 2.45) is 17.4 Å². The summed E-state index contributed by atoms with van der Waals surface area (Å²) < 4.78 is 0. The fraction of sp³-hybridized carbons (Fsp3) is 0.385. The maximum atomic E-state index is 11.6. The monoisotopic (exact) mass is 281 g/mol. The first-order valence-electron chi connectivity index (χ1n) is 6.00. The SMILES string of the molecule is CC(CN)CSCC(=O)Nc1ccc(C(N)=O)cc1. The molecular formula is C13H19N3O2S. The van der Waals surface area contributed by atoms with E-state index in [0.717, 1.165) is 5.75 Å². The summed E-state index contributed by atoms with van der Waals surface area (Å²) in [5.74, 6) is 1.12. The summed E-state index contributed by atoms with van der Waals surface area (Å²) in [5, 5.41) is 2.76. The molecule has 1 rings (SSSR count). The van der Waals surface area contributed by atoms with Crippen molar-refractivity contribution in [2.45, 2.75) is 6.92 Å². The lowest BCUT2D eigenvalue weighted by Gasteiger charge is -2.08. The average Bonchev–Trinajstić information content (AvgIpc) is 2.39. The van der Waals surface area contributed by atoms with Crippen LogP contribution in [0.15, 0.2) is 24.3 Å². The van der Waals surface area contributed by atoms with Crippen molar-refractivity contribution in [2.75, 3.05) is 23.4 Å². The van der Waals surface area contributed by atoms with Gasteiger partial charge in [0.2, 0.25) is 11.8 Å². The van der Waals surface area contributed by atoms with Crippen LogP contribution in [0.3, 0.4) is 0 Å². The fourth-order valence-electron chi connectivity index (χ4n) is 1.34. The van der Waals surface area contributed by atoms with E-state index >= 15 is 0 Å². The van der Waals surface area contributed by atoms with Gasteiger partial charge in [0.1, 0.15) is 0 Å². The van der Waals surface area contributed by atoms with Gasteiger partial charge in [-0.1, -0.05) is 6.92 Å². The van der Waals surface area contributed by atoms with E-state index in [4.69, 9.17) is 11.5 Å². The summed E-state index contributed by atoms with van der Waals surface area (Å²) >= 11 is 1.56. The zero-order chi connectivity index (χ0) is 14.3. The molecule has 0 saturated carbocycles. The number of nitrogens with one attached hydrogen (secondary N) is 1. The maximum absolute atomic E-state index is 11.6. The quantitative estimate of drug-likeness (QED) is 0.695. The molecule has 1 aromatic rings. The molecule has 6 heteroatoms. The Hall–Kier alpha value is -1.53. The van der Waals surface area contributed by atoms with Crippen LogP contribution in [0.5, 0.6) is 0 Å². The molecule has 0 bridgehead atoms. The standard InChI is InChI=1S/C13H19N3O2S/c1-9(6-14)7-19-8-12(17)16-11-4-2-10(3-5-11)13(15)18/h2-5,9H,6-8,14H2,1H3,(H2,15,18)(H,16,17). The number of rotatable bonds is 7. The van der Waals surface area contributed by atoms with Crippen molar-refractivity contribution in [1.29, 1.82) is 0 Å². The van der Waals surface area contributed by atoms with E-state index in [1.165, 1.54) is 0 Å². The van der Waals surface area contributed by atoms with Crippen LogP contribution in [-0.4, -0.2) is 29.9 Å². The van der Waals surface area contributed by atoms with Gasteiger partial charge in [-0.15, -0.1) is 0 Å². The number of anilines is 1. The lowest BCUT2D eigenvalue weighted by atomic mass is 10.2. The Kier molecular flexibility index (Phi) is 6.38. The third kappa shape index (κ3) is 5.76. The Balaban J connectivity index is 2.38. The highest BCUT2D eigenvalue weighted by molar-refractivity contribution is 7.99. The molecule has 2 amide bonds. The van der Waals surface area contributed by atoms with E-state index in [1.807, 2.05) is 6.92 Å². The highest BCUT2D eigenvalue weighted by atomic mass is 32.2. The largest absolute Gasteiger partial charge is 0.366 e. The van der Waals surface area contributed by atoms with Crippen molar-refractivity contribution < 1.29 is 9.59 Å². The van der Waals surface area contributed by atoms with Gasteiger partial charge in [0, 0.05) is 11.3 Å². The third-order valence-electron chi connectivity index (χ3n) is 2.49. The van der Waals surface area contributed by atoms with E-state index in [2.05, 4.69) is 5.32 Å². The molecule has 0 heterocycles. The Morgan fingerprint density at radius 1 is 1.32 bits per heavy atom. The Morgan fingerprint density at radius 3 is 2.47 bits per heavy atom. The number of nitrogens with two attached hydrogens (primary N) is 2. The van der Waals surface area contributed by atoms with Crippen LogP contribution in [0, 0.1) is 5.92 Å². The van der Waals surface area contributed by atoms with E-state index in [9.17, 15) is 9.59 Å². The second kappa shape index (κ2) is 7.81. The number of carbonyl (C=O) groups excluding carboxylic acids is 2. The summed E-state index contributed by atoms with van der Waals surface area (Å²) in [7, 11) is 0. The zero-order valence-corrected chi connectivity index (χ0v) is 11.7. The van der Waals surface area contributed by atoms with Gasteiger partial charge in [-0.25, -0.2) is 0 Å². The first kappa shape index (κ1) is 15.5. The summed E-state index contributed by atoms with van der Waals surface area (Å²) in [6, 6.07) is 6.49. The summed E-state index contributed by atoms with van der Waals surface area (Å²) in [4.78, 5) is 22.5. The second-order valence-electron chi connectivity index (χ2n) is 4.35. The maximum Gasteiger partial charge on any atom is 0.248 e. The Morgan fingerprint density at radius 2 is 1.95 bits per heavy atom. The van der Waals surface area contributed by atoms with E-state index in [0.29, 0.717) is 29.5 Å². The summed E-state index contributed by atoms with van der Waals surface area (Å²) in [6.45, 7) is 2.68. The third-order valence-corrected chi connectivity index (χ3v) is 3.76. The number of amides is 2. The van der Waals surface area contributed by atoms with E-state index < -0.39 is 5.91 Å². The molecule has 0 radical (unpaired) electrons. The fourth-order valence-corrected chi connectivity index (χ4v) is 2.25. The van der Waals surface area contributed by atoms with Gasteiger partial charge in [0.15, 0.2) is 0 Å². The van der Waals surface area contributed by atoms with Gasteiger partial charge in [-0.05, 0) is 42.5 Å². The van der Waals surface area contributed by atoms with Crippen LogP contribution in [0.4, 0.5) is 5.69 Å². The highest BCUT2D eigenvalue weighted by Gasteiger charge is 2.06. The molecule has 0 fully saturated rings. The average molecular weight is 281 g/mol. The van der Waals surface area contributed by atoms with Gasteiger partial charge in [0.05, 0.1) is 5.75 Å². The molecule has 0 aliphatic heterocycles. The zero-order valence-electron chi connectivity index (χ0n) is 10.9. The lowest BCUT2D eigenvalue weighted by molar-refractivity contribution is -0.113. The first-order chi connectivity index (χ1) is 9.02. The molecule has 0 spiro atoms. The summed E-state index contributed by atoms with van der Waals surface area (Å²) in [5.41, 5.74) is 11.7. The summed E-state index contributed by atoms with van der Waals surface area (Å²) in [6.07, 6.45) is 0. The normalized spacial score (nSPS) is 11.9. The predicted octanol–water partition coefficient (Wildman–Crippen LogP) is 1.05. The molecule has 5 N–H and O–H groups in total. The number of primary amides is 1. The molecule has 0 aromatic heterocycles. The molecule has 19 heavy (non-hydrogen) atoms. The first-order valence-corrected chi connectivity index (χ1v) is 7.16. The number of hydrogen-bond acceptors (Lipinski definition) is 4. The van der Waals surface area contributed by atoms with Gasteiger partial charge in [-0.3, -0.25) is 9.59 Å². The number of carbonyl (C=O) groups is 2. The smallest absolute Gasteiger partial charge is 0.248 e. The number of benzene rings is 1. The van der Waals surface area contributed by atoms with Crippen LogP contribution in [-0.2, 0) is 4.79 Å². The minimum Gasteiger partial charge on any atom is -0.366 e. The molecule has 0 aliphatic rings. The highest BCUT2D eigenvalue weighted by Crippen LogP contribution is 2.11. The minimum absolute atomic E-state index is 0.0685. The molecule has 5 nitrogen and oxygen atoms in total. The van der Waals surface area contributed by atoms with E-state index in [1.54, 1.807) is 36.0 Å². The lowest BCUT2D eigenvalue weighted by Crippen LogP contribution is -2.17. The van der Waals surface area contributed by atoms with Gasteiger partial charge < -0.3 is 16.8 Å². The molecule has 1 aromatic carbocycles. The van der Waals surface area contributed by atoms with E-state index in [-0.39, 0.29) is 5.91 Å². The molecule has 1 atom stereocenters. The van der Waals surface area contributed by atoms with Gasteiger partial charge >= 0.3 is 0 Å². The second-order valence-corrected chi connectivity index (χ2v) is 5.38. The number of thioether (sulfide) groups is 1. The Bertz CT molecular complexity index is 434. The molecule has 0 saturated heterocycles. The Labute approximate surface area is 117 Å². The van der Waals surface area contributed by atoms with Crippen molar-refractivity contribution in [3.63, 3.8) is 0 Å². The van der Waals surface area contributed by atoms with Gasteiger partial charge in [0.25, 0.3) is 0 Å². The van der Waals surface area contributed by atoms with Gasteiger partial charge in [-0.2, -0.15) is 11.8 Å². The molecule has 0 aliphatic carbocycles. The van der Waals surface area contributed by atoms with Crippen molar-refractivity contribution in [3.05, 3.63) is 29.8 Å². The van der Waals surface area contributed by atoms with Crippen LogP contribution < -0.4 is 16.8 Å².